The van der Waals surface area contributed by atoms with E-state index in [2.05, 4.69) is 15.6 Å². The fourth-order valence-corrected chi connectivity index (χ4v) is 3.13. The molecule has 1 amide bonds. The molecule has 0 saturated carbocycles. The molecule has 0 spiro atoms. The topological polar surface area (TPSA) is 89.2 Å². The molecule has 1 aliphatic rings. The van der Waals surface area contributed by atoms with Crippen LogP contribution in [0.1, 0.15) is 53.1 Å². The maximum Gasteiger partial charge on any atom is 0.349 e. The summed E-state index contributed by atoms with van der Waals surface area (Å²) in [4.78, 5) is 29.0. The van der Waals surface area contributed by atoms with Gasteiger partial charge < -0.3 is 19.6 Å². The molecule has 0 bridgehead atoms. The third-order valence-corrected chi connectivity index (χ3v) is 4.58. The molecular weight excluding hydrogens is 320 g/mol. The largest absolute Gasteiger partial charge is 0.427 e. The maximum absolute atomic E-state index is 12.4. The Balaban J connectivity index is 1.72. The number of imidazole rings is 1. The molecule has 7 nitrogen and oxygen atoms in total. The molecule has 25 heavy (non-hydrogen) atoms. The first-order valence-corrected chi connectivity index (χ1v) is 8.72. The Bertz CT molecular complexity index is 803. The standard InChI is InChI=1S/C18H24N4O3/c1-3-22-10-14(21-11-22)9-20-17(23)16-12(2)7-15(25-18(16)24)13-5-4-6-19-8-13/h7,10-11,13,19H,3-6,8-9H2,1-2H3,(H,20,23). The SMILES string of the molecule is CCn1cnc(CNC(=O)c2c(C)cc(C3CCCNC3)oc2=O)c1. The second-order valence-electron chi connectivity index (χ2n) is 6.42. The summed E-state index contributed by atoms with van der Waals surface area (Å²) in [6, 6.07) is 1.82. The zero-order valence-electron chi connectivity index (χ0n) is 14.7. The average Bonchev–Trinajstić information content (AvgIpc) is 3.08. The van der Waals surface area contributed by atoms with Crippen LogP contribution in [0.2, 0.25) is 0 Å². The molecule has 1 unspecified atom stereocenters. The second-order valence-corrected chi connectivity index (χ2v) is 6.42. The van der Waals surface area contributed by atoms with Gasteiger partial charge in [-0.2, -0.15) is 0 Å². The van der Waals surface area contributed by atoms with E-state index in [4.69, 9.17) is 4.42 Å². The Morgan fingerprint density at radius 3 is 3.00 bits per heavy atom. The van der Waals surface area contributed by atoms with Crippen molar-refractivity contribution in [2.75, 3.05) is 13.1 Å². The van der Waals surface area contributed by atoms with E-state index in [-0.39, 0.29) is 18.0 Å². The van der Waals surface area contributed by atoms with Crippen LogP contribution in [-0.4, -0.2) is 28.5 Å². The predicted octanol–water partition coefficient (Wildman–Crippen LogP) is 1.56. The minimum Gasteiger partial charge on any atom is -0.427 e. The van der Waals surface area contributed by atoms with E-state index < -0.39 is 11.5 Å². The first kappa shape index (κ1) is 17.4. The summed E-state index contributed by atoms with van der Waals surface area (Å²) < 4.78 is 7.37. The van der Waals surface area contributed by atoms with E-state index in [0.29, 0.717) is 11.3 Å². The molecule has 3 rings (SSSR count). The molecule has 0 aliphatic carbocycles. The molecule has 2 N–H and O–H groups in total. The minimum absolute atomic E-state index is 0.0717. The number of carbonyl (C=O) groups excluding carboxylic acids is 1. The Morgan fingerprint density at radius 2 is 2.36 bits per heavy atom. The van der Waals surface area contributed by atoms with Crippen molar-refractivity contribution >= 4 is 5.91 Å². The van der Waals surface area contributed by atoms with Gasteiger partial charge in [0.05, 0.1) is 18.6 Å². The average molecular weight is 344 g/mol. The number of nitrogens with one attached hydrogen (secondary N) is 2. The minimum atomic E-state index is -0.572. The highest BCUT2D eigenvalue weighted by atomic mass is 16.4. The number of hydrogen-bond donors (Lipinski definition) is 2. The van der Waals surface area contributed by atoms with Crippen LogP contribution < -0.4 is 16.3 Å². The van der Waals surface area contributed by atoms with E-state index in [0.717, 1.165) is 38.2 Å². The van der Waals surface area contributed by atoms with Gasteiger partial charge in [0.1, 0.15) is 11.3 Å². The quantitative estimate of drug-likeness (QED) is 0.859. The predicted molar refractivity (Wildman–Crippen MR) is 93.6 cm³/mol. The first-order chi connectivity index (χ1) is 12.1. The molecule has 1 saturated heterocycles. The van der Waals surface area contributed by atoms with Crippen molar-refractivity contribution in [3.8, 4) is 0 Å². The van der Waals surface area contributed by atoms with Crippen molar-refractivity contribution in [3.63, 3.8) is 0 Å². The summed E-state index contributed by atoms with van der Waals surface area (Å²) in [5.74, 6) is 0.425. The summed E-state index contributed by atoms with van der Waals surface area (Å²) >= 11 is 0. The normalized spacial score (nSPS) is 17.4. The van der Waals surface area contributed by atoms with Crippen LogP contribution in [0.4, 0.5) is 0 Å². The van der Waals surface area contributed by atoms with Crippen molar-refractivity contribution in [1.82, 2.24) is 20.2 Å². The van der Waals surface area contributed by atoms with Gasteiger partial charge in [0.2, 0.25) is 0 Å². The van der Waals surface area contributed by atoms with Crippen LogP contribution >= 0.6 is 0 Å². The number of amides is 1. The summed E-state index contributed by atoms with van der Waals surface area (Å²) in [6.07, 6.45) is 5.63. The van der Waals surface area contributed by atoms with Crippen LogP contribution in [0.15, 0.2) is 27.8 Å². The molecule has 2 aromatic heterocycles. The van der Waals surface area contributed by atoms with Gasteiger partial charge >= 0.3 is 5.63 Å². The molecule has 1 atom stereocenters. The third-order valence-electron chi connectivity index (χ3n) is 4.58. The fraction of sp³-hybridized carbons (Fsp3) is 0.500. The van der Waals surface area contributed by atoms with Crippen molar-refractivity contribution in [2.45, 2.75) is 45.7 Å². The van der Waals surface area contributed by atoms with E-state index in [1.807, 2.05) is 23.8 Å². The highest BCUT2D eigenvalue weighted by Gasteiger charge is 2.22. The summed E-state index contributed by atoms with van der Waals surface area (Å²) in [5.41, 5.74) is 0.898. The van der Waals surface area contributed by atoms with E-state index >= 15 is 0 Å². The lowest BCUT2D eigenvalue weighted by molar-refractivity contribution is 0.0945. The molecule has 0 radical (unpaired) electrons. The van der Waals surface area contributed by atoms with Crippen LogP contribution in [0, 0.1) is 6.92 Å². The van der Waals surface area contributed by atoms with E-state index in [1.165, 1.54) is 0 Å². The second kappa shape index (κ2) is 7.65. The number of carbonyl (C=O) groups is 1. The van der Waals surface area contributed by atoms with Crippen molar-refractivity contribution in [2.24, 2.45) is 0 Å². The zero-order valence-corrected chi connectivity index (χ0v) is 14.7. The lowest BCUT2D eigenvalue weighted by Crippen LogP contribution is -2.31. The molecule has 134 valence electrons. The number of hydrogen-bond acceptors (Lipinski definition) is 5. The number of aromatic nitrogens is 2. The lowest BCUT2D eigenvalue weighted by Gasteiger charge is -2.22. The van der Waals surface area contributed by atoms with Gasteiger partial charge in [-0.3, -0.25) is 4.79 Å². The van der Waals surface area contributed by atoms with Crippen LogP contribution in [0.3, 0.4) is 0 Å². The van der Waals surface area contributed by atoms with Gasteiger partial charge in [-0.15, -0.1) is 0 Å². The molecule has 1 aliphatic heterocycles. The number of aryl methyl sites for hydroxylation is 2. The Labute approximate surface area is 146 Å². The third kappa shape index (κ3) is 3.99. The summed E-state index contributed by atoms with van der Waals surface area (Å²) in [6.45, 7) is 6.68. The Kier molecular flexibility index (Phi) is 5.33. The van der Waals surface area contributed by atoms with Crippen molar-refractivity contribution < 1.29 is 9.21 Å². The Hall–Kier alpha value is -2.41. The van der Waals surface area contributed by atoms with Gasteiger partial charge in [-0.25, -0.2) is 9.78 Å². The number of rotatable bonds is 5. The smallest absolute Gasteiger partial charge is 0.349 e. The van der Waals surface area contributed by atoms with Gasteiger partial charge in [-0.05, 0) is 44.9 Å². The summed E-state index contributed by atoms with van der Waals surface area (Å²) in [7, 11) is 0. The van der Waals surface area contributed by atoms with Gasteiger partial charge in [0.25, 0.3) is 5.91 Å². The van der Waals surface area contributed by atoms with Crippen LogP contribution in [-0.2, 0) is 13.1 Å². The van der Waals surface area contributed by atoms with Gasteiger partial charge in [0.15, 0.2) is 0 Å². The van der Waals surface area contributed by atoms with Crippen molar-refractivity contribution in [3.05, 3.63) is 51.6 Å². The fourth-order valence-electron chi connectivity index (χ4n) is 3.13. The molecule has 2 aromatic rings. The lowest BCUT2D eigenvalue weighted by atomic mass is 9.95. The van der Waals surface area contributed by atoms with Crippen LogP contribution in [0.25, 0.3) is 0 Å². The van der Waals surface area contributed by atoms with E-state index in [1.54, 1.807) is 13.3 Å². The van der Waals surface area contributed by atoms with Gasteiger partial charge in [-0.1, -0.05) is 0 Å². The molecule has 7 heteroatoms. The number of nitrogens with zero attached hydrogens (tertiary/aromatic N) is 2. The van der Waals surface area contributed by atoms with E-state index in [9.17, 15) is 9.59 Å². The van der Waals surface area contributed by atoms with Crippen LogP contribution in [0.5, 0.6) is 0 Å². The first-order valence-electron chi connectivity index (χ1n) is 8.72. The zero-order chi connectivity index (χ0) is 17.8. The number of piperidine rings is 1. The van der Waals surface area contributed by atoms with Crippen molar-refractivity contribution in [1.29, 1.82) is 0 Å². The van der Waals surface area contributed by atoms with Gasteiger partial charge in [0, 0.05) is 25.2 Å². The summed E-state index contributed by atoms with van der Waals surface area (Å²) in [5, 5.41) is 6.05. The highest BCUT2D eigenvalue weighted by molar-refractivity contribution is 5.95. The monoisotopic (exact) mass is 344 g/mol. The molecule has 3 heterocycles. The molecule has 0 aromatic carbocycles. The molecule has 1 fully saturated rings. The maximum atomic E-state index is 12.4. The highest BCUT2D eigenvalue weighted by Crippen LogP contribution is 2.23. The molecular formula is C18H24N4O3. The Morgan fingerprint density at radius 1 is 1.52 bits per heavy atom.